The lowest BCUT2D eigenvalue weighted by Crippen LogP contribution is -2.13. The van der Waals surface area contributed by atoms with E-state index in [9.17, 15) is 4.79 Å². The average molecular weight is 245 g/mol. The van der Waals surface area contributed by atoms with Crippen molar-refractivity contribution in [3.63, 3.8) is 0 Å². The van der Waals surface area contributed by atoms with Gasteiger partial charge in [-0.1, -0.05) is 19.9 Å². The van der Waals surface area contributed by atoms with Gasteiger partial charge in [0.25, 0.3) is 0 Å². The van der Waals surface area contributed by atoms with Crippen molar-refractivity contribution in [1.29, 1.82) is 5.26 Å². The van der Waals surface area contributed by atoms with Crippen LogP contribution < -0.4 is 9.47 Å². The lowest BCUT2D eigenvalue weighted by atomic mass is 9.91. The summed E-state index contributed by atoms with van der Waals surface area (Å²) in [7, 11) is 0. The molecule has 1 aromatic rings. The molecule has 4 nitrogen and oxygen atoms in total. The Hall–Kier alpha value is -2.02. The first-order chi connectivity index (χ1) is 8.61. The summed E-state index contributed by atoms with van der Waals surface area (Å²) in [6.07, 6.45) is 0.409. The van der Waals surface area contributed by atoms with E-state index in [4.69, 9.17) is 14.7 Å². The van der Waals surface area contributed by atoms with Crippen LogP contribution >= 0.6 is 0 Å². The second-order valence-corrected chi connectivity index (χ2v) is 4.74. The summed E-state index contributed by atoms with van der Waals surface area (Å²) in [5.74, 6) is 0.743. The molecule has 1 aromatic carbocycles. The predicted octanol–water partition coefficient (Wildman–Crippen LogP) is 2.64. The number of ketones is 1. The van der Waals surface area contributed by atoms with Crippen LogP contribution in [0.1, 0.15) is 31.7 Å². The second kappa shape index (κ2) is 5.09. The zero-order chi connectivity index (χ0) is 13.1. The van der Waals surface area contributed by atoms with Gasteiger partial charge in [-0.25, -0.2) is 0 Å². The minimum atomic E-state index is -0.720. The van der Waals surface area contributed by atoms with E-state index in [1.54, 1.807) is 18.2 Å². The molecular formula is C14H15NO3. The predicted molar refractivity (Wildman–Crippen MR) is 65.4 cm³/mol. The fourth-order valence-corrected chi connectivity index (χ4v) is 1.95. The van der Waals surface area contributed by atoms with E-state index in [-0.39, 0.29) is 18.5 Å². The molecule has 0 amide bonds. The molecule has 1 atom stereocenters. The SMILES string of the molecule is CC(C)CC(=O)C(C#N)c1ccc2c(c1)OCO2. The van der Waals surface area contributed by atoms with Gasteiger partial charge in [0.1, 0.15) is 5.92 Å². The normalized spacial score (nSPS) is 14.3. The third-order valence-electron chi connectivity index (χ3n) is 2.79. The Morgan fingerprint density at radius 1 is 1.39 bits per heavy atom. The molecule has 0 saturated carbocycles. The van der Waals surface area contributed by atoms with Gasteiger partial charge in [-0.05, 0) is 23.6 Å². The summed E-state index contributed by atoms with van der Waals surface area (Å²) >= 11 is 0. The van der Waals surface area contributed by atoms with Gasteiger partial charge in [0.2, 0.25) is 6.79 Å². The Bertz CT molecular complexity index is 502. The van der Waals surface area contributed by atoms with E-state index in [1.807, 2.05) is 13.8 Å². The molecule has 1 aliphatic heterocycles. The topological polar surface area (TPSA) is 59.3 Å². The maximum atomic E-state index is 12.0. The van der Waals surface area contributed by atoms with Gasteiger partial charge < -0.3 is 9.47 Å². The number of nitriles is 1. The van der Waals surface area contributed by atoms with Gasteiger partial charge in [-0.3, -0.25) is 4.79 Å². The number of hydrogen-bond acceptors (Lipinski definition) is 4. The maximum absolute atomic E-state index is 12.0. The van der Waals surface area contributed by atoms with E-state index in [0.717, 1.165) is 0 Å². The van der Waals surface area contributed by atoms with Gasteiger partial charge in [-0.2, -0.15) is 5.26 Å². The quantitative estimate of drug-likeness (QED) is 0.818. The summed E-state index contributed by atoms with van der Waals surface area (Å²) in [5.41, 5.74) is 0.674. The first kappa shape index (κ1) is 12.4. The molecule has 1 aliphatic rings. The number of carbonyl (C=O) groups is 1. The van der Waals surface area contributed by atoms with Crippen molar-refractivity contribution in [3.8, 4) is 17.6 Å². The second-order valence-electron chi connectivity index (χ2n) is 4.74. The molecular weight excluding hydrogens is 230 g/mol. The Balaban J connectivity index is 2.23. The minimum absolute atomic E-state index is 0.0497. The summed E-state index contributed by atoms with van der Waals surface area (Å²) in [4.78, 5) is 12.0. The zero-order valence-corrected chi connectivity index (χ0v) is 10.5. The van der Waals surface area contributed by atoms with E-state index in [0.29, 0.717) is 23.5 Å². The van der Waals surface area contributed by atoms with Crippen molar-refractivity contribution in [2.75, 3.05) is 6.79 Å². The number of benzene rings is 1. The molecule has 0 radical (unpaired) electrons. The first-order valence-electron chi connectivity index (χ1n) is 5.93. The van der Waals surface area contributed by atoms with Gasteiger partial charge >= 0.3 is 0 Å². The standard InChI is InChI=1S/C14H15NO3/c1-9(2)5-12(16)11(7-15)10-3-4-13-14(6-10)18-8-17-13/h3-4,6,9,11H,5,8H2,1-2H3. The minimum Gasteiger partial charge on any atom is -0.454 e. The fourth-order valence-electron chi connectivity index (χ4n) is 1.95. The number of nitrogens with zero attached hydrogens (tertiary/aromatic N) is 1. The number of hydrogen-bond donors (Lipinski definition) is 0. The highest BCUT2D eigenvalue weighted by atomic mass is 16.7. The molecule has 18 heavy (non-hydrogen) atoms. The van der Waals surface area contributed by atoms with Crippen molar-refractivity contribution in [2.24, 2.45) is 5.92 Å². The van der Waals surface area contributed by atoms with Crippen LogP contribution in [0.15, 0.2) is 18.2 Å². The Morgan fingerprint density at radius 3 is 2.78 bits per heavy atom. The largest absolute Gasteiger partial charge is 0.454 e. The average Bonchev–Trinajstić information content (AvgIpc) is 2.76. The Kier molecular flexibility index (Phi) is 3.52. The zero-order valence-electron chi connectivity index (χ0n) is 10.5. The number of fused-ring (bicyclic) bond motifs is 1. The lowest BCUT2D eigenvalue weighted by molar-refractivity contribution is -0.120. The molecule has 1 heterocycles. The van der Waals surface area contributed by atoms with Gasteiger partial charge in [0, 0.05) is 6.42 Å². The van der Waals surface area contributed by atoms with Crippen LogP contribution in [0.3, 0.4) is 0 Å². The highest BCUT2D eigenvalue weighted by Crippen LogP contribution is 2.35. The van der Waals surface area contributed by atoms with E-state index < -0.39 is 5.92 Å². The van der Waals surface area contributed by atoms with Gasteiger partial charge in [0.15, 0.2) is 17.3 Å². The third kappa shape index (κ3) is 2.45. The van der Waals surface area contributed by atoms with Gasteiger partial charge in [0.05, 0.1) is 6.07 Å². The van der Waals surface area contributed by atoms with Crippen LogP contribution in [0.5, 0.6) is 11.5 Å². The van der Waals surface area contributed by atoms with Crippen molar-refractivity contribution in [2.45, 2.75) is 26.2 Å². The molecule has 2 rings (SSSR count). The molecule has 94 valence electrons. The van der Waals surface area contributed by atoms with Crippen LogP contribution in [0.4, 0.5) is 0 Å². The van der Waals surface area contributed by atoms with Crippen LogP contribution in [0.25, 0.3) is 0 Å². The lowest BCUT2D eigenvalue weighted by Gasteiger charge is -2.10. The molecule has 0 bridgehead atoms. The highest BCUT2D eigenvalue weighted by Gasteiger charge is 2.23. The van der Waals surface area contributed by atoms with E-state index in [1.165, 1.54) is 0 Å². The molecule has 4 heteroatoms. The molecule has 0 aliphatic carbocycles. The van der Waals surface area contributed by atoms with Crippen LogP contribution in [-0.4, -0.2) is 12.6 Å². The number of Topliss-reactive ketones (excluding diaryl/α,β-unsaturated/α-hetero) is 1. The molecule has 0 fully saturated rings. The summed E-state index contributed by atoms with van der Waals surface area (Å²) < 4.78 is 10.5. The van der Waals surface area contributed by atoms with Gasteiger partial charge in [-0.15, -0.1) is 0 Å². The molecule has 0 aromatic heterocycles. The van der Waals surface area contributed by atoms with Crippen LogP contribution in [0.2, 0.25) is 0 Å². The Morgan fingerprint density at radius 2 is 2.11 bits per heavy atom. The van der Waals surface area contributed by atoms with Crippen molar-refractivity contribution >= 4 is 5.78 Å². The van der Waals surface area contributed by atoms with Crippen molar-refractivity contribution in [3.05, 3.63) is 23.8 Å². The van der Waals surface area contributed by atoms with Crippen molar-refractivity contribution in [1.82, 2.24) is 0 Å². The fraction of sp³-hybridized carbons (Fsp3) is 0.429. The van der Waals surface area contributed by atoms with Crippen LogP contribution in [-0.2, 0) is 4.79 Å². The number of carbonyl (C=O) groups excluding carboxylic acids is 1. The number of ether oxygens (including phenoxy) is 2. The van der Waals surface area contributed by atoms with E-state index >= 15 is 0 Å². The molecule has 1 unspecified atom stereocenters. The maximum Gasteiger partial charge on any atom is 0.231 e. The van der Waals surface area contributed by atoms with Crippen molar-refractivity contribution < 1.29 is 14.3 Å². The molecule has 0 N–H and O–H groups in total. The van der Waals surface area contributed by atoms with E-state index in [2.05, 4.69) is 6.07 Å². The molecule has 0 saturated heterocycles. The van der Waals surface area contributed by atoms with Crippen LogP contribution in [0, 0.1) is 17.2 Å². The Labute approximate surface area is 106 Å². The summed E-state index contributed by atoms with van der Waals surface area (Å²) in [5, 5.41) is 9.17. The smallest absolute Gasteiger partial charge is 0.231 e. The summed E-state index contributed by atoms with van der Waals surface area (Å²) in [6, 6.07) is 7.28. The molecule has 0 spiro atoms. The number of rotatable bonds is 4. The summed E-state index contributed by atoms with van der Waals surface area (Å²) in [6.45, 7) is 4.12. The third-order valence-corrected chi connectivity index (χ3v) is 2.79. The first-order valence-corrected chi connectivity index (χ1v) is 5.93. The highest BCUT2D eigenvalue weighted by molar-refractivity contribution is 5.88. The monoisotopic (exact) mass is 245 g/mol.